The zero-order valence-corrected chi connectivity index (χ0v) is 19.1. The first-order valence-corrected chi connectivity index (χ1v) is 12.0. The van der Waals surface area contributed by atoms with Crippen LogP contribution in [0.25, 0.3) is 10.2 Å². The van der Waals surface area contributed by atoms with Crippen LogP contribution in [0, 0.1) is 11.7 Å². The number of halogens is 1. The van der Waals surface area contributed by atoms with E-state index in [0.717, 1.165) is 25.7 Å². The van der Waals surface area contributed by atoms with Gasteiger partial charge in [-0.3, -0.25) is 14.5 Å². The summed E-state index contributed by atoms with van der Waals surface area (Å²) in [7, 11) is 1.44. The van der Waals surface area contributed by atoms with Gasteiger partial charge in [-0.15, -0.1) is 0 Å². The Balaban J connectivity index is 1.53. The van der Waals surface area contributed by atoms with Crippen LogP contribution in [0.4, 0.5) is 9.52 Å². The number of ketones is 1. The number of anilines is 1. The highest BCUT2D eigenvalue weighted by atomic mass is 32.1. The fourth-order valence-electron chi connectivity index (χ4n) is 5.21. The number of methoxy groups -OCH3 is 1. The minimum Gasteiger partial charge on any atom is -0.504 e. The lowest BCUT2D eigenvalue weighted by Crippen LogP contribution is -2.39. The summed E-state index contributed by atoms with van der Waals surface area (Å²) in [6.07, 6.45) is 3.05. The van der Waals surface area contributed by atoms with E-state index in [9.17, 15) is 19.1 Å². The number of benzene rings is 2. The quantitative estimate of drug-likeness (QED) is 0.587. The number of nitrogens with zero attached hydrogens (tertiary/aromatic N) is 2. The number of phenols is 1. The third-order valence-electron chi connectivity index (χ3n) is 6.83. The van der Waals surface area contributed by atoms with Crippen LogP contribution in [0.1, 0.15) is 37.3 Å². The molecule has 1 aliphatic carbocycles. The number of fused-ring (bicyclic) bond motifs is 2. The maximum absolute atomic E-state index is 13.8. The molecule has 6 rings (SSSR count). The minimum absolute atomic E-state index is 0.0506. The highest BCUT2D eigenvalue weighted by Crippen LogP contribution is 2.50. The van der Waals surface area contributed by atoms with Crippen molar-refractivity contribution in [2.75, 3.05) is 12.0 Å². The van der Waals surface area contributed by atoms with Crippen molar-refractivity contribution in [3.8, 4) is 11.5 Å². The van der Waals surface area contributed by atoms with E-state index >= 15 is 0 Å². The second-order valence-electron chi connectivity index (χ2n) is 8.77. The zero-order valence-electron chi connectivity index (χ0n) is 18.3. The number of phenolic OH excluding ortho intramolecular Hbond substituents is 1. The smallest absolute Gasteiger partial charge is 0.296 e. The summed E-state index contributed by atoms with van der Waals surface area (Å²) < 4.78 is 25.9. The Labute approximate surface area is 198 Å². The molecule has 7 nitrogen and oxygen atoms in total. The monoisotopic (exact) mass is 480 g/mol. The number of aromatic hydroxyl groups is 1. The molecule has 0 saturated heterocycles. The van der Waals surface area contributed by atoms with Crippen molar-refractivity contribution in [1.29, 1.82) is 0 Å². The zero-order chi connectivity index (χ0) is 23.6. The molecule has 3 heterocycles. The summed E-state index contributed by atoms with van der Waals surface area (Å²) in [4.78, 5) is 33.5. The molecule has 3 unspecified atom stereocenters. The highest BCUT2D eigenvalue weighted by Gasteiger charge is 2.53. The molecule has 3 atom stereocenters. The van der Waals surface area contributed by atoms with Gasteiger partial charge in [0.1, 0.15) is 11.9 Å². The van der Waals surface area contributed by atoms with Crippen LogP contribution >= 0.6 is 11.3 Å². The normalized spacial score (nSPS) is 24.3. The van der Waals surface area contributed by atoms with E-state index < -0.39 is 17.8 Å². The van der Waals surface area contributed by atoms with Crippen molar-refractivity contribution in [2.45, 2.75) is 37.8 Å². The molecule has 1 fully saturated rings. The molecule has 3 aliphatic rings. The molecular formula is C25H21FN2O5S. The van der Waals surface area contributed by atoms with Crippen LogP contribution in [0.15, 0.2) is 47.7 Å². The van der Waals surface area contributed by atoms with Crippen molar-refractivity contribution < 1.29 is 28.6 Å². The maximum Gasteiger partial charge on any atom is 0.296 e. The van der Waals surface area contributed by atoms with Crippen molar-refractivity contribution in [1.82, 2.24) is 4.98 Å². The van der Waals surface area contributed by atoms with E-state index in [0.29, 0.717) is 26.5 Å². The van der Waals surface area contributed by atoms with E-state index in [-0.39, 0.29) is 35.1 Å². The SMILES string of the molecule is COc1cc(C2C3=C(OC4CCCCC4C3=O)C(=O)N2c2nc3ccc(F)cc3s2)ccc1O. The Morgan fingerprint density at radius 1 is 1.18 bits per heavy atom. The van der Waals surface area contributed by atoms with Crippen LogP contribution in [0.3, 0.4) is 0 Å². The van der Waals surface area contributed by atoms with Crippen LogP contribution in [0.5, 0.6) is 11.5 Å². The number of hydrogen-bond acceptors (Lipinski definition) is 7. The van der Waals surface area contributed by atoms with Gasteiger partial charge in [-0.05, 0) is 55.2 Å². The molecule has 1 amide bonds. The number of hydrogen-bond donors (Lipinski definition) is 1. The molecule has 9 heteroatoms. The number of amides is 1. The molecule has 34 heavy (non-hydrogen) atoms. The van der Waals surface area contributed by atoms with Gasteiger partial charge in [-0.2, -0.15) is 0 Å². The summed E-state index contributed by atoms with van der Waals surface area (Å²) in [6, 6.07) is 8.21. The van der Waals surface area contributed by atoms with E-state index in [1.807, 2.05) is 0 Å². The molecule has 174 valence electrons. The molecule has 0 bridgehead atoms. The largest absolute Gasteiger partial charge is 0.504 e. The van der Waals surface area contributed by atoms with Gasteiger partial charge in [0.15, 0.2) is 28.2 Å². The second kappa shape index (κ2) is 7.80. The number of aromatic nitrogens is 1. The topological polar surface area (TPSA) is 89.0 Å². The molecule has 0 radical (unpaired) electrons. The Morgan fingerprint density at radius 3 is 2.82 bits per heavy atom. The predicted molar refractivity (Wildman–Crippen MR) is 123 cm³/mol. The summed E-state index contributed by atoms with van der Waals surface area (Å²) in [6.45, 7) is 0. The first-order valence-electron chi connectivity index (χ1n) is 11.2. The van der Waals surface area contributed by atoms with Gasteiger partial charge in [0, 0.05) is 0 Å². The number of thiazole rings is 1. The minimum atomic E-state index is -0.794. The fourth-order valence-corrected chi connectivity index (χ4v) is 6.23. The molecule has 2 aromatic carbocycles. The molecule has 0 spiro atoms. The number of carbonyl (C=O) groups excluding carboxylic acids is 2. The van der Waals surface area contributed by atoms with Gasteiger partial charge in [0.05, 0.1) is 34.9 Å². The van der Waals surface area contributed by atoms with Crippen molar-refractivity contribution in [3.63, 3.8) is 0 Å². The lowest BCUT2D eigenvalue weighted by molar-refractivity contribution is -0.131. The van der Waals surface area contributed by atoms with Crippen molar-refractivity contribution >= 4 is 38.4 Å². The predicted octanol–water partition coefficient (Wildman–Crippen LogP) is 4.65. The standard InChI is InChI=1S/C25H21FN2O5S/c1-32-18-10-12(6-9-16(18)29)21-20-22(30)14-4-2-3-5-17(14)33-23(20)24(31)28(21)25-27-15-8-7-13(26)11-19(15)34-25/h6-11,14,17,21,29H,2-5H2,1H3. The Morgan fingerprint density at radius 2 is 2.00 bits per heavy atom. The first-order chi connectivity index (χ1) is 16.5. The van der Waals surface area contributed by atoms with E-state index in [4.69, 9.17) is 9.47 Å². The summed E-state index contributed by atoms with van der Waals surface area (Å²) in [5, 5.41) is 10.5. The summed E-state index contributed by atoms with van der Waals surface area (Å²) in [5.41, 5.74) is 1.46. The fraction of sp³-hybridized carbons (Fsp3) is 0.320. The van der Waals surface area contributed by atoms with Gasteiger partial charge in [-0.1, -0.05) is 23.8 Å². The van der Waals surface area contributed by atoms with Gasteiger partial charge in [0.2, 0.25) is 0 Å². The number of rotatable bonds is 3. The maximum atomic E-state index is 13.8. The molecule has 1 N–H and O–H groups in total. The van der Waals surface area contributed by atoms with E-state index in [1.165, 1.54) is 41.5 Å². The lowest BCUT2D eigenvalue weighted by atomic mass is 9.77. The number of ether oxygens (including phenoxy) is 2. The molecular weight excluding hydrogens is 459 g/mol. The van der Waals surface area contributed by atoms with E-state index in [1.54, 1.807) is 18.2 Å². The van der Waals surface area contributed by atoms with Gasteiger partial charge < -0.3 is 14.6 Å². The number of carbonyl (C=O) groups is 2. The van der Waals surface area contributed by atoms with Gasteiger partial charge in [0.25, 0.3) is 5.91 Å². The third kappa shape index (κ3) is 3.10. The van der Waals surface area contributed by atoms with Gasteiger partial charge in [-0.25, -0.2) is 9.37 Å². The molecule has 3 aromatic rings. The van der Waals surface area contributed by atoms with Gasteiger partial charge >= 0.3 is 0 Å². The van der Waals surface area contributed by atoms with Crippen LogP contribution in [-0.4, -0.2) is 35.0 Å². The molecule has 1 saturated carbocycles. The third-order valence-corrected chi connectivity index (χ3v) is 7.85. The van der Waals surface area contributed by atoms with Crippen molar-refractivity contribution in [2.24, 2.45) is 5.92 Å². The summed E-state index contributed by atoms with van der Waals surface area (Å²) in [5.74, 6) is -0.956. The highest BCUT2D eigenvalue weighted by molar-refractivity contribution is 7.22. The Bertz CT molecular complexity index is 1380. The Hall–Kier alpha value is -3.46. The second-order valence-corrected chi connectivity index (χ2v) is 9.78. The summed E-state index contributed by atoms with van der Waals surface area (Å²) >= 11 is 1.18. The van der Waals surface area contributed by atoms with Crippen LogP contribution < -0.4 is 9.64 Å². The first kappa shape index (κ1) is 21.1. The average Bonchev–Trinajstić information content (AvgIpc) is 3.38. The van der Waals surface area contributed by atoms with Crippen LogP contribution in [0.2, 0.25) is 0 Å². The average molecular weight is 481 g/mol. The van der Waals surface area contributed by atoms with Crippen molar-refractivity contribution in [3.05, 3.63) is 59.1 Å². The lowest BCUT2D eigenvalue weighted by Gasteiger charge is -2.35. The van der Waals surface area contributed by atoms with Crippen LogP contribution in [-0.2, 0) is 14.3 Å². The number of Topliss-reactive ketones (excluding diaryl/α,β-unsaturated/α-hetero) is 1. The van der Waals surface area contributed by atoms with E-state index in [2.05, 4.69) is 4.98 Å². The Kier molecular flexibility index (Phi) is 4.84. The molecule has 1 aromatic heterocycles. The molecule has 2 aliphatic heterocycles.